The van der Waals surface area contributed by atoms with Crippen molar-refractivity contribution in [2.75, 3.05) is 20.2 Å². The molecule has 2 aliphatic rings. The van der Waals surface area contributed by atoms with Gasteiger partial charge in [0.1, 0.15) is 5.82 Å². The van der Waals surface area contributed by atoms with Crippen molar-refractivity contribution in [1.29, 1.82) is 0 Å². The fraction of sp³-hybridized carbons (Fsp3) is 0.357. The summed E-state index contributed by atoms with van der Waals surface area (Å²) in [6.45, 7) is 3.29. The second kappa shape index (κ2) is 9.97. The molecule has 1 aromatic heterocycles. The van der Waals surface area contributed by atoms with Crippen LogP contribution in [0.25, 0.3) is 0 Å². The van der Waals surface area contributed by atoms with Crippen LogP contribution >= 0.6 is 23.2 Å². The molecule has 37 heavy (non-hydrogen) atoms. The second-order valence-corrected chi connectivity index (χ2v) is 10.6. The monoisotopic (exact) mass is 543 g/mol. The van der Waals surface area contributed by atoms with E-state index in [-0.39, 0.29) is 23.6 Å². The maximum atomic E-state index is 16.2. The Hall–Kier alpha value is -2.55. The molecule has 1 saturated heterocycles. The third-order valence-corrected chi connectivity index (χ3v) is 8.12. The largest absolute Gasteiger partial charge is 0.385 e. The zero-order valence-electron chi connectivity index (χ0n) is 20.6. The maximum Gasteiger partial charge on any atom is 0.257 e. The Balaban J connectivity index is 1.67. The minimum atomic E-state index is -1.57. The van der Waals surface area contributed by atoms with Crippen LogP contribution < -0.4 is 5.32 Å². The van der Waals surface area contributed by atoms with Crippen LogP contribution in [-0.4, -0.2) is 41.1 Å². The van der Waals surface area contributed by atoms with Crippen molar-refractivity contribution in [2.24, 2.45) is 5.92 Å². The van der Waals surface area contributed by atoms with Crippen molar-refractivity contribution in [3.05, 3.63) is 98.5 Å². The molecule has 5 rings (SSSR count). The van der Waals surface area contributed by atoms with Crippen molar-refractivity contribution in [3.8, 4) is 0 Å². The molecule has 0 aliphatic carbocycles. The first kappa shape index (κ1) is 26.1. The summed E-state index contributed by atoms with van der Waals surface area (Å²) in [6.07, 6.45) is 3.00. The maximum absolute atomic E-state index is 16.2. The van der Waals surface area contributed by atoms with Crippen LogP contribution in [-0.2, 0) is 22.6 Å². The number of hydrogen-bond donors (Lipinski definition) is 2. The zero-order chi connectivity index (χ0) is 26.4. The van der Waals surface area contributed by atoms with Gasteiger partial charge >= 0.3 is 0 Å². The normalized spacial score (nSPS) is 21.7. The number of nitrogens with one attached hydrogen (secondary N) is 1. The van der Waals surface area contributed by atoms with Gasteiger partial charge in [-0.3, -0.25) is 14.7 Å². The molecule has 6 nitrogen and oxygen atoms in total. The Bertz CT molecular complexity index is 1310. The second-order valence-electron chi connectivity index (χ2n) is 9.77. The predicted octanol–water partition coefficient (Wildman–Crippen LogP) is 5.24. The number of ether oxygens (including phenoxy) is 1. The molecule has 3 aromatic rings. The van der Waals surface area contributed by atoms with Crippen molar-refractivity contribution < 1.29 is 19.0 Å². The average molecular weight is 544 g/mol. The van der Waals surface area contributed by atoms with Crippen LogP contribution in [0.3, 0.4) is 0 Å². The Labute approximate surface area is 225 Å². The number of aromatic nitrogens is 1. The minimum absolute atomic E-state index is 0.0423. The molecule has 1 fully saturated rings. The van der Waals surface area contributed by atoms with Crippen LogP contribution in [0.5, 0.6) is 0 Å². The highest BCUT2D eigenvalue weighted by Gasteiger charge is 2.54. The minimum Gasteiger partial charge on any atom is -0.385 e. The molecule has 2 aromatic carbocycles. The van der Waals surface area contributed by atoms with Gasteiger partial charge in [-0.1, -0.05) is 35.3 Å². The molecule has 9 heteroatoms. The third kappa shape index (κ3) is 4.43. The van der Waals surface area contributed by atoms with Gasteiger partial charge in [-0.2, -0.15) is 0 Å². The average Bonchev–Trinajstić information content (AvgIpc) is 3.15. The molecule has 194 valence electrons. The van der Waals surface area contributed by atoms with E-state index in [1.165, 1.54) is 24.3 Å². The summed E-state index contributed by atoms with van der Waals surface area (Å²) in [5, 5.41) is 15.8. The lowest BCUT2D eigenvalue weighted by Crippen LogP contribution is -2.46. The number of piperidine rings is 1. The van der Waals surface area contributed by atoms with Crippen molar-refractivity contribution in [3.63, 3.8) is 0 Å². The first-order valence-corrected chi connectivity index (χ1v) is 12.9. The summed E-state index contributed by atoms with van der Waals surface area (Å²) in [5.41, 5.74) is -1.16. The highest BCUT2D eigenvalue weighted by molar-refractivity contribution is 6.30. The number of rotatable bonds is 6. The van der Waals surface area contributed by atoms with Gasteiger partial charge < -0.3 is 15.2 Å². The fourth-order valence-electron chi connectivity index (χ4n) is 5.61. The number of carbonyl (C=O) groups is 1. The Kier molecular flexibility index (Phi) is 7.02. The number of carbonyl (C=O) groups excluding carboxylic acids is 1. The van der Waals surface area contributed by atoms with Gasteiger partial charge in [0.15, 0.2) is 5.72 Å². The van der Waals surface area contributed by atoms with E-state index in [2.05, 4.69) is 10.3 Å². The molecule has 0 radical (unpaired) electrons. The number of hydrogen-bond acceptors (Lipinski definition) is 5. The van der Waals surface area contributed by atoms with E-state index in [9.17, 15) is 9.90 Å². The molecule has 0 spiro atoms. The summed E-state index contributed by atoms with van der Waals surface area (Å²) in [4.78, 5) is 19.8. The molecule has 2 N–H and O–H groups in total. The molecule has 0 bridgehead atoms. The Morgan fingerprint density at radius 1 is 1.16 bits per heavy atom. The standard InChI is InChI=1S/C28H28Cl2FN3O3/c1-27(36,17-9-11-32-12-10-17)19-13-23-25(24(31)14-19)28(37-2,18-3-5-20(29)6-4-18)34(26(23)35)16-22-8-7-21(30)15-33-22/h3-8,13-15,17,32,36H,9-12,16H2,1-2H3. The van der Waals surface area contributed by atoms with Crippen molar-refractivity contribution in [1.82, 2.24) is 15.2 Å². The number of amides is 1. The number of pyridine rings is 1. The summed E-state index contributed by atoms with van der Waals surface area (Å²) < 4.78 is 22.2. The van der Waals surface area contributed by atoms with Crippen molar-refractivity contribution in [2.45, 2.75) is 37.6 Å². The van der Waals surface area contributed by atoms with E-state index >= 15 is 4.39 Å². The number of halogens is 3. The van der Waals surface area contributed by atoms with Gasteiger partial charge in [0, 0.05) is 23.9 Å². The van der Waals surface area contributed by atoms with Crippen molar-refractivity contribution >= 4 is 29.1 Å². The molecular weight excluding hydrogens is 516 g/mol. The number of aliphatic hydroxyl groups is 1. The zero-order valence-corrected chi connectivity index (χ0v) is 22.1. The van der Waals surface area contributed by atoms with E-state index in [1.54, 1.807) is 49.4 Å². The fourth-order valence-corrected chi connectivity index (χ4v) is 5.84. The van der Waals surface area contributed by atoms with E-state index in [1.807, 2.05) is 0 Å². The van der Waals surface area contributed by atoms with Gasteiger partial charge in [-0.05, 0) is 80.7 Å². The first-order chi connectivity index (χ1) is 17.7. The van der Waals surface area contributed by atoms with E-state index in [0.717, 1.165) is 25.9 Å². The topological polar surface area (TPSA) is 74.7 Å². The first-order valence-electron chi connectivity index (χ1n) is 12.2. The van der Waals surface area contributed by atoms with Gasteiger partial charge in [-0.25, -0.2) is 4.39 Å². The molecule has 2 unspecified atom stereocenters. The summed E-state index contributed by atoms with van der Waals surface area (Å²) in [6, 6.07) is 13.1. The van der Waals surface area contributed by atoms with Gasteiger partial charge in [-0.15, -0.1) is 0 Å². The van der Waals surface area contributed by atoms with Gasteiger partial charge in [0.2, 0.25) is 0 Å². The molecular formula is C28H28Cl2FN3O3. The lowest BCUT2D eigenvalue weighted by Gasteiger charge is -2.38. The van der Waals surface area contributed by atoms with Crippen LogP contribution in [0, 0.1) is 11.7 Å². The number of nitrogens with zero attached hydrogens (tertiary/aromatic N) is 2. The van der Waals surface area contributed by atoms with Crippen LogP contribution in [0.2, 0.25) is 10.0 Å². The Morgan fingerprint density at radius 2 is 1.84 bits per heavy atom. The van der Waals surface area contributed by atoms with Crippen LogP contribution in [0.1, 0.15) is 52.5 Å². The number of methoxy groups -OCH3 is 1. The number of fused-ring (bicyclic) bond motifs is 1. The summed E-state index contributed by atoms with van der Waals surface area (Å²) in [5.74, 6) is -1.12. The van der Waals surface area contributed by atoms with E-state index in [0.29, 0.717) is 26.9 Å². The van der Waals surface area contributed by atoms with E-state index < -0.39 is 23.1 Å². The molecule has 1 amide bonds. The van der Waals surface area contributed by atoms with Crippen LogP contribution in [0.15, 0.2) is 54.7 Å². The highest BCUT2D eigenvalue weighted by Crippen LogP contribution is 2.48. The molecule has 0 saturated carbocycles. The third-order valence-electron chi connectivity index (χ3n) is 7.64. The smallest absolute Gasteiger partial charge is 0.257 e. The van der Waals surface area contributed by atoms with Gasteiger partial charge in [0.05, 0.1) is 34.0 Å². The SMILES string of the molecule is COC1(c2ccc(Cl)cc2)c2c(F)cc(C(C)(O)C3CCNCC3)cc2C(=O)N1Cc1ccc(Cl)cn1. The number of benzene rings is 2. The molecule has 2 aliphatic heterocycles. The van der Waals surface area contributed by atoms with Gasteiger partial charge in [0.25, 0.3) is 5.91 Å². The lowest BCUT2D eigenvalue weighted by atomic mass is 9.76. The van der Waals surface area contributed by atoms with Crippen LogP contribution in [0.4, 0.5) is 4.39 Å². The summed E-state index contributed by atoms with van der Waals surface area (Å²) >= 11 is 12.2. The lowest BCUT2D eigenvalue weighted by molar-refractivity contribution is -0.0886. The highest BCUT2D eigenvalue weighted by atomic mass is 35.5. The molecule has 2 atom stereocenters. The predicted molar refractivity (Wildman–Crippen MR) is 140 cm³/mol. The van der Waals surface area contributed by atoms with E-state index in [4.69, 9.17) is 27.9 Å². The quantitative estimate of drug-likeness (QED) is 0.444. The summed E-state index contributed by atoms with van der Waals surface area (Å²) in [7, 11) is 1.44. The Morgan fingerprint density at radius 3 is 2.46 bits per heavy atom. The molecule has 3 heterocycles.